The molecule has 0 radical (unpaired) electrons. The normalized spacial score (nSPS) is 11.9. The van der Waals surface area contributed by atoms with Gasteiger partial charge in [0, 0.05) is 60.0 Å². The van der Waals surface area contributed by atoms with Crippen LogP contribution in [0.5, 0.6) is 0 Å². The highest BCUT2D eigenvalue weighted by molar-refractivity contribution is 6.14. The summed E-state index contributed by atoms with van der Waals surface area (Å²) in [6.45, 7) is 0. The molecule has 0 N–H and O–H groups in total. The largest absolute Gasteiger partial charge is 0.309 e. The molecule has 0 saturated heterocycles. The standard InChI is InChI=1S/C81H51N7/c1-5-21-52(22-6-1)54-39-44-67(68(47-54)53-23-7-2-8-24-53)79-82-80(87-73-35-19-13-29-61(73)65-42-37-57(50-77(65)87)55-40-45-75-69(48-55)63-31-15-17-33-71(63)85(75)59-25-9-3-10-26-59)84-81(83-79)88-74-36-20-14-30-62(74)66-43-38-58(51-78(66)88)56-41-46-76-70(49-56)64-32-16-18-34-72(64)86(76)60-27-11-4-12-28-60/h1-51H. The topological polar surface area (TPSA) is 58.4 Å². The van der Waals surface area contributed by atoms with Gasteiger partial charge in [-0.1, -0.05) is 212 Å². The zero-order valence-electron chi connectivity index (χ0n) is 47.6. The van der Waals surface area contributed by atoms with Gasteiger partial charge in [-0.05, 0) is 142 Å². The van der Waals surface area contributed by atoms with Crippen molar-refractivity contribution in [1.82, 2.24) is 33.2 Å². The van der Waals surface area contributed by atoms with Gasteiger partial charge in [-0.2, -0.15) is 15.0 Å². The van der Waals surface area contributed by atoms with Gasteiger partial charge in [-0.3, -0.25) is 9.13 Å². The first-order chi connectivity index (χ1) is 43.6. The van der Waals surface area contributed by atoms with E-state index in [2.05, 4.69) is 328 Å². The number of hydrogen-bond acceptors (Lipinski definition) is 3. The Labute approximate surface area is 506 Å². The summed E-state index contributed by atoms with van der Waals surface area (Å²) in [5.74, 6) is 1.58. The predicted octanol–water partition coefficient (Wildman–Crippen LogP) is 20.6. The van der Waals surface area contributed by atoms with Crippen LogP contribution in [0.15, 0.2) is 309 Å². The van der Waals surface area contributed by atoms with Crippen LogP contribution in [0.2, 0.25) is 0 Å². The molecule has 0 aliphatic rings. The molecule has 0 fully saturated rings. The van der Waals surface area contributed by atoms with Crippen LogP contribution in [-0.2, 0) is 0 Å². The van der Waals surface area contributed by atoms with Crippen molar-refractivity contribution in [1.29, 1.82) is 0 Å². The summed E-state index contributed by atoms with van der Waals surface area (Å²) in [6, 6.07) is 111. The minimum absolute atomic E-state index is 0.512. The molecule has 0 aliphatic carbocycles. The second-order valence-corrected chi connectivity index (χ2v) is 22.8. The number of aromatic nitrogens is 7. The fourth-order valence-corrected chi connectivity index (χ4v) is 13.8. The van der Waals surface area contributed by atoms with Crippen LogP contribution in [0.3, 0.4) is 0 Å². The lowest BCUT2D eigenvalue weighted by atomic mass is 9.94. The van der Waals surface area contributed by atoms with E-state index in [4.69, 9.17) is 15.0 Å². The molecule has 0 bridgehead atoms. The third-order valence-corrected chi connectivity index (χ3v) is 17.9. The van der Waals surface area contributed by atoms with Crippen molar-refractivity contribution in [3.05, 3.63) is 309 Å². The highest BCUT2D eigenvalue weighted by Gasteiger charge is 2.24. The van der Waals surface area contributed by atoms with E-state index >= 15 is 0 Å². The molecule has 13 aromatic carbocycles. The van der Waals surface area contributed by atoms with E-state index in [1.54, 1.807) is 0 Å². The highest BCUT2D eigenvalue weighted by atomic mass is 15.3. The number of para-hydroxylation sites is 6. The molecular weight excluding hydrogens is 1070 g/mol. The van der Waals surface area contributed by atoms with Crippen LogP contribution in [0.4, 0.5) is 0 Å². The molecule has 5 aromatic heterocycles. The van der Waals surface area contributed by atoms with Gasteiger partial charge >= 0.3 is 0 Å². The van der Waals surface area contributed by atoms with Crippen molar-refractivity contribution in [3.63, 3.8) is 0 Å². The second kappa shape index (κ2) is 19.8. The Morgan fingerprint density at radius 1 is 0.182 bits per heavy atom. The fourth-order valence-electron chi connectivity index (χ4n) is 13.8. The molecule has 0 atom stereocenters. The van der Waals surface area contributed by atoms with E-state index in [-0.39, 0.29) is 0 Å². The fraction of sp³-hybridized carbons (Fsp3) is 0. The molecule has 0 spiro atoms. The van der Waals surface area contributed by atoms with E-state index in [1.807, 2.05) is 0 Å². The third-order valence-electron chi connectivity index (χ3n) is 17.9. The van der Waals surface area contributed by atoms with Gasteiger partial charge in [-0.25, -0.2) is 0 Å². The SMILES string of the molecule is c1ccc(-c2ccc(-c3nc(-n4c5ccccc5c5ccc(-c6ccc7c(c6)c6ccccc6n7-c6ccccc6)cc54)nc(-n4c5ccccc5c5ccc(-c6ccc7c(c6)c6ccccc6n7-c6ccccc6)cc54)n3)c(-c3ccccc3)c2)cc1. The molecule has 410 valence electrons. The number of nitrogens with zero attached hydrogens (tertiary/aromatic N) is 7. The quantitative estimate of drug-likeness (QED) is 0.145. The summed E-state index contributed by atoms with van der Waals surface area (Å²) < 4.78 is 9.24. The van der Waals surface area contributed by atoms with Gasteiger partial charge in [0.05, 0.1) is 44.1 Å². The first-order valence-electron chi connectivity index (χ1n) is 29.9. The summed E-state index contributed by atoms with van der Waals surface area (Å²) in [5.41, 5.74) is 20.5. The summed E-state index contributed by atoms with van der Waals surface area (Å²) in [7, 11) is 0. The van der Waals surface area contributed by atoms with Crippen molar-refractivity contribution < 1.29 is 0 Å². The number of rotatable bonds is 9. The maximum absolute atomic E-state index is 5.73. The molecule has 0 unspecified atom stereocenters. The molecule has 0 amide bonds. The van der Waals surface area contributed by atoms with E-state index < -0.39 is 0 Å². The van der Waals surface area contributed by atoms with Crippen molar-refractivity contribution in [2.75, 3.05) is 0 Å². The molecule has 88 heavy (non-hydrogen) atoms. The van der Waals surface area contributed by atoms with Crippen LogP contribution in [0.25, 0.3) is 166 Å². The number of fused-ring (bicyclic) bond motifs is 12. The summed E-state index contributed by atoms with van der Waals surface area (Å²) in [5, 5.41) is 9.23. The Morgan fingerprint density at radius 3 is 0.977 bits per heavy atom. The highest BCUT2D eigenvalue weighted by Crippen LogP contribution is 2.43. The molecule has 18 aromatic rings. The maximum Gasteiger partial charge on any atom is 0.240 e. The number of hydrogen-bond donors (Lipinski definition) is 0. The predicted molar refractivity (Wildman–Crippen MR) is 364 cm³/mol. The molecule has 0 saturated carbocycles. The van der Waals surface area contributed by atoms with Crippen LogP contribution in [0, 0.1) is 0 Å². The van der Waals surface area contributed by atoms with Gasteiger partial charge in [-0.15, -0.1) is 0 Å². The average Bonchev–Trinajstić information content (AvgIpc) is 3.94. The Balaban J connectivity index is 0.878. The Morgan fingerprint density at radius 2 is 0.511 bits per heavy atom. The van der Waals surface area contributed by atoms with Gasteiger partial charge in [0.15, 0.2) is 5.82 Å². The summed E-state index contributed by atoms with van der Waals surface area (Å²) in [4.78, 5) is 17.1. The lowest BCUT2D eigenvalue weighted by Crippen LogP contribution is -2.10. The van der Waals surface area contributed by atoms with Crippen LogP contribution in [-0.4, -0.2) is 33.2 Å². The van der Waals surface area contributed by atoms with Gasteiger partial charge < -0.3 is 9.13 Å². The van der Waals surface area contributed by atoms with Crippen LogP contribution >= 0.6 is 0 Å². The van der Waals surface area contributed by atoms with E-state index in [0.29, 0.717) is 17.7 Å². The molecule has 0 aliphatic heterocycles. The molecule has 18 rings (SSSR count). The Hall–Kier alpha value is -11.9. The lowest BCUT2D eigenvalue weighted by Gasteiger charge is -2.16. The van der Waals surface area contributed by atoms with E-state index in [9.17, 15) is 0 Å². The van der Waals surface area contributed by atoms with Crippen molar-refractivity contribution in [3.8, 4) is 79.2 Å². The van der Waals surface area contributed by atoms with Gasteiger partial charge in [0.25, 0.3) is 0 Å². The molecular formula is C81H51N7. The summed E-state index contributed by atoms with van der Waals surface area (Å²) in [6.07, 6.45) is 0. The monoisotopic (exact) mass is 1120 g/mol. The zero-order valence-corrected chi connectivity index (χ0v) is 47.6. The lowest BCUT2D eigenvalue weighted by molar-refractivity contribution is 0.893. The average molecular weight is 1120 g/mol. The maximum atomic E-state index is 5.73. The van der Waals surface area contributed by atoms with Crippen molar-refractivity contribution >= 4 is 87.2 Å². The summed E-state index contributed by atoms with van der Waals surface area (Å²) >= 11 is 0. The second-order valence-electron chi connectivity index (χ2n) is 22.8. The smallest absolute Gasteiger partial charge is 0.240 e. The van der Waals surface area contributed by atoms with Crippen LogP contribution < -0.4 is 0 Å². The minimum atomic E-state index is 0.512. The minimum Gasteiger partial charge on any atom is -0.309 e. The molecule has 5 heterocycles. The van der Waals surface area contributed by atoms with Gasteiger partial charge in [0.1, 0.15) is 0 Å². The van der Waals surface area contributed by atoms with Crippen molar-refractivity contribution in [2.24, 2.45) is 0 Å². The van der Waals surface area contributed by atoms with E-state index in [0.717, 1.165) is 116 Å². The Kier molecular flexibility index (Phi) is 11.2. The zero-order chi connectivity index (χ0) is 57.8. The first-order valence-corrected chi connectivity index (χ1v) is 29.9. The van der Waals surface area contributed by atoms with E-state index in [1.165, 1.54) is 32.6 Å². The molecule has 7 nitrogen and oxygen atoms in total. The first kappa shape index (κ1) is 49.5. The molecule has 7 heteroatoms. The van der Waals surface area contributed by atoms with Gasteiger partial charge in [0.2, 0.25) is 11.9 Å². The third kappa shape index (κ3) is 7.81. The number of benzene rings is 13. The Bertz CT molecular complexity index is 5500. The van der Waals surface area contributed by atoms with Crippen molar-refractivity contribution in [2.45, 2.75) is 0 Å². The van der Waals surface area contributed by atoms with Crippen LogP contribution in [0.1, 0.15) is 0 Å².